The molecule has 0 atom stereocenters. The van der Waals surface area contributed by atoms with Crippen LogP contribution in [0.25, 0.3) is 0 Å². The number of rotatable bonds is 2. The molecule has 1 aliphatic carbocycles. The molecule has 1 aromatic heterocycles. The Hall–Kier alpha value is -0.950. The van der Waals surface area contributed by atoms with E-state index in [0.29, 0.717) is 6.04 Å². The van der Waals surface area contributed by atoms with Crippen molar-refractivity contribution in [1.29, 1.82) is 5.26 Å². The van der Waals surface area contributed by atoms with Gasteiger partial charge in [0.05, 0.1) is 6.04 Å². The van der Waals surface area contributed by atoms with Crippen LogP contribution in [0.2, 0.25) is 0 Å². The molecule has 0 bridgehead atoms. The highest BCUT2D eigenvalue weighted by Gasteiger charge is 2.28. The van der Waals surface area contributed by atoms with Crippen LogP contribution in [0.3, 0.4) is 0 Å². The molecule has 0 aliphatic heterocycles. The SMILES string of the molecule is CC(C)(C)c1cc(SC#N)nn1C1CCC1. The average Bonchev–Trinajstić information content (AvgIpc) is 2.45. The fourth-order valence-corrected chi connectivity index (χ4v) is 2.33. The van der Waals surface area contributed by atoms with E-state index < -0.39 is 0 Å². The minimum absolute atomic E-state index is 0.0941. The van der Waals surface area contributed by atoms with E-state index in [1.54, 1.807) is 0 Å². The van der Waals surface area contributed by atoms with E-state index >= 15 is 0 Å². The van der Waals surface area contributed by atoms with E-state index in [0.717, 1.165) is 16.8 Å². The predicted octanol–water partition coefficient (Wildman–Crippen LogP) is 3.48. The Morgan fingerprint density at radius 1 is 1.50 bits per heavy atom. The maximum atomic E-state index is 8.70. The number of thioether (sulfide) groups is 1. The van der Waals surface area contributed by atoms with Gasteiger partial charge in [0.2, 0.25) is 0 Å². The van der Waals surface area contributed by atoms with Crippen LogP contribution in [0.4, 0.5) is 0 Å². The lowest BCUT2D eigenvalue weighted by Gasteiger charge is -2.31. The Balaban J connectivity index is 2.36. The summed E-state index contributed by atoms with van der Waals surface area (Å²) >= 11 is 1.15. The first-order valence-corrected chi connectivity index (χ1v) is 6.50. The van der Waals surface area contributed by atoms with Gasteiger partial charge in [-0.1, -0.05) is 20.8 Å². The summed E-state index contributed by atoms with van der Waals surface area (Å²) in [5.74, 6) is 0. The molecule has 1 saturated carbocycles. The van der Waals surface area contributed by atoms with Gasteiger partial charge < -0.3 is 0 Å². The van der Waals surface area contributed by atoms with Gasteiger partial charge in [-0.3, -0.25) is 4.68 Å². The summed E-state index contributed by atoms with van der Waals surface area (Å²) in [6.45, 7) is 6.58. The molecule has 0 N–H and O–H groups in total. The Kier molecular flexibility index (Phi) is 2.98. The lowest BCUT2D eigenvalue weighted by Crippen LogP contribution is -2.25. The Morgan fingerprint density at radius 3 is 2.62 bits per heavy atom. The van der Waals surface area contributed by atoms with Crippen molar-refractivity contribution >= 4 is 11.8 Å². The summed E-state index contributed by atoms with van der Waals surface area (Å²) in [6.07, 6.45) is 3.75. The summed E-state index contributed by atoms with van der Waals surface area (Å²) in [5.41, 5.74) is 1.34. The third-order valence-electron chi connectivity index (χ3n) is 3.05. The molecule has 0 radical (unpaired) electrons. The Labute approximate surface area is 101 Å². The van der Waals surface area contributed by atoms with Crippen LogP contribution in [0, 0.1) is 10.7 Å². The minimum Gasteiger partial charge on any atom is -0.265 e. The summed E-state index contributed by atoms with van der Waals surface area (Å²) in [5, 5.41) is 16.2. The van der Waals surface area contributed by atoms with Crippen LogP contribution >= 0.6 is 11.8 Å². The molecule has 16 heavy (non-hydrogen) atoms. The lowest BCUT2D eigenvalue weighted by atomic mass is 9.88. The molecule has 4 heteroatoms. The topological polar surface area (TPSA) is 41.6 Å². The number of thiocyanates is 1. The van der Waals surface area contributed by atoms with Crippen molar-refractivity contribution in [3.05, 3.63) is 11.8 Å². The fourth-order valence-electron chi connectivity index (χ4n) is 1.94. The van der Waals surface area contributed by atoms with Gasteiger partial charge >= 0.3 is 0 Å². The third-order valence-corrected chi connectivity index (χ3v) is 3.55. The Morgan fingerprint density at radius 2 is 2.19 bits per heavy atom. The molecule has 0 aromatic carbocycles. The summed E-state index contributed by atoms with van der Waals surface area (Å²) < 4.78 is 2.14. The zero-order valence-corrected chi connectivity index (χ0v) is 10.8. The second-order valence-corrected chi connectivity index (χ2v) is 6.15. The van der Waals surface area contributed by atoms with E-state index in [-0.39, 0.29) is 5.41 Å². The molecule has 0 saturated heterocycles. The first-order chi connectivity index (χ1) is 7.52. The minimum atomic E-state index is 0.0941. The van der Waals surface area contributed by atoms with E-state index in [1.165, 1.54) is 25.0 Å². The number of hydrogen-bond donors (Lipinski definition) is 0. The van der Waals surface area contributed by atoms with Crippen molar-refractivity contribution in [3.8, 4) is 5.40 Å². The van der Waals surface area contributed by atoms with Crippen LogP contribution in [-0.2, 0) is 5.41 Å². The highest BCUT2D eigenvalue weighted by Crippen LogP contribution is 2.36. The first kappa shape index (κ1) is 11.5. The summed E-state index contributed by atoms with van der Waals surface area (Å²) in [7, 11) is 0. The largest absolute Gasteiger partial charge is 0.265 e. The molecule has 0 unspecified atom stereocenters. The molecule has 1 aliphatic rings. The van der Waals surface area contributed by atoms with Crippen molar-refractivity contribution in [3.63, 3.8) is 0 Å². The second kappa shape index (κ2) is 4.14. The highest BCUT2D eigenvalue weighted by atomic mass is 32.2. The normalized spacial score (nSPS) is 16.9. The van der Waals surface area contributed by atoms with Gasteiger partial charge in [-0.05, 0) is 25.3 Å². The van der Waals surface area contributed by atoms with Crippen molar-refractivity contribution in [1.82, 2.24) is 9.78 Å². The van der Waals surface area contributed by atoms with E-state index in [1.807, 2.05) is 0 Å². The van der Waals surface area contributed by atoms with Crippen molar-refractivity contribution in [2.75, 3.05) is 0 Å². The predicted molar refractivity (Wildman–Crippen MR) is 65.3 cm³/mol. The standard InChI is InChI=1S/C12H17N3S/c1-12(2,3)10-7-11(16-8-13)14-15(10)9-5-4-6-9/h7,9H,4-6H2,1-3H3. The molecule has 1 aromatic rings. The van der Waals surface area contributed by atoms with E-state index in [4.69, 9.17) is 5.26 Å². The number of nitrogens with zero attached hydrogens (tertiary/aromatic N) is 3. The molecule has 3 nitrogen and oxygen atoms in total. The van der Waals surface area contributed by atoms with Gasteiger partial charge in [-0.2, -0.15) is 10.4 Å². The fraction of sp³-hybridized carbons (Fsp3) is 0.667. The third kappa shape index (κ3) is 2.10. The average molecular weight is 235 g/mol. The van der Waals surface area contributed by atoms with Crippen LogP contribution in [0.15, 0.2) is 11.1 Å². The van der Waals surface area contributed by atoms with Gasteiger partial charge in [0.15, 0.2) is 0 Å². The Bertz CT molecular complexity index is 418. The van der Waals surface area contributed by atoms with Crippen molar-refractivity contribution < 1.29 is 0 Å². The molecular formula is C12H17N3S. The lowest BCUT2D eigenvalue weighted by molar-refractivity contribution is 0.269. The monoisotopic (exact) mass is 235 g/mol. The van der Waals surface area contributed by atoms with Crippen molar-refractivity contribution in [2.45, 2.75) is 56.5 Å². The van der Waals surface area contributed by atoms with Gasteiger partial charge in [0, 0.05) is 22.9 Å². The molecule has 0 spiro atoms. The highest BCUT2D eigenvalue weighted by molar-refractivity contribution is 8.03. The van der Waals surface area contributed by atoms with Gasteiger partial charge in [-0.25, -0.2) is 0 Å². The van der Waals surface area contributed by atoms with Gasteiger partial charge in [0.25, 0.3) is 0 Å². The summed E-state index contributed by atoms with van der Waals surface area (Å²) in [6, 6.07) is 2.62. The molecule has 0 amide bonds. The molecule has 86 valence electrons. The maximum absolute atomic E-state index is 8.70. The number of hydrogen-bond acceptors (Lipinski definition) is 3. The summed E-state index contributed by atoms with van der Waals surface area (Å²) in [4.78, 5) is 0. The van der Waals surface area contributed by atoms with Crippen LogP contribution in [-0.4, -0.2) is 9.78 Å². The van der Waals surface area contributed by atoms with E-state index in [2.05, 4.69) is 42.0 Å². The zero-order chi connectivity index (χ0) is 11.8. The molecule has 1 heterocycles. The number of aromatic nitrogens is 2. The van der Waals surface area contributed by atoms with E-state index in [9.17, 15) is 0 Å². The van der Waals surface area contributed by atoms with Crippen LogP contribution < -0.4 is 0 Å². The van der Waals surface area contributed by atoms with Crippen molar-refractivity contribution in [2.24, 2.45) is 0 Å². The first-order valence-electron chi connectivity index (χ1n) is 5.68. The van der Waals surface area contributed by atoms with Crippen LogP contribution in [0.1, 0.15) is 51.8 Å². The quantitative estimate of drug-likeness (QED) is 0.582. The molecular weight excluding hydrogens is 218 g/mol. The van der Waals surface area contributed by atoms with Crippen LogP contribution in [0.5, 0.6) is 0 Å². The molecule has 2 rings (SSSR count). The zero-order valence-electron chi connectivity index (χ0n) is 10.0. The second-order valence-electron chi connectivity index (χ2n) is 5.34. The van der Waals surface area contributed by atoms with Gasteiger partial charge in [0.1, 0.15) is 10.4 Å². The number of nitriles is 1. The maximum Gasteiger partial charge on any atom is 0.140 e. The van der Waals surface area contributed by atoms with Gasteiger partial charge in [-0.15, -0.1) is 0 Å². The smallest absolute Gasteiger partial charge is 0.140 e. The molecule has 1 fully saturated rings.